The number of benzene rings is 2. The highest BCUT2D eigenvalue weighted by Crippen LogP contribution is 2.55. The summed E-state index contributed by atoms with van der Waals surface area (Å²) < 4.78 is 33.8. The van der Waals surface area contributed by atoms with Crippen LogP contribution in [-0.4, -0.2) is 154 Å². The zero-order chi connectivity index (χ0) is 44.3. The molecule has 2 aromatic rings. The Morgan fingerprint density at radius 1 is 1.00 bits per heavy atom. The summed E-state index contributed by atoms with van der Waals surface area (Å²) in [6.45, 7) is 4.38. The number of nitrogens with one attached hydrogen (secondary N) is 2. The maximum absolute atomic E-state index is 14.5. The fraction of sp³-hybridized carbons (Fsp3) is 0.581. The quantitative estimate of drug-likeness (QED) is 0.106. The van der Waals surface area contributed by atoms with E-state index in [1.807, 2.05) is 24.3 Å². The molecule has 5 fully saturated rings. The molecule has 12 unspecified atom stereocenters. The number of aliphatic hydroxyl groups excluding tert-OH is 5. The molecule has 7 rings (SSSR count). The lowest BCUT2D eigenvalue weighted by atomic mass is 9.62. The van der Waals surface area contributed by atoms with Crippen molar-refractivity contribution in [1.82, 2.24) is 15.7 Å². The molecule has 0 aromatic heterocycles. The number of carbonyl (C=O) groups excluding carboxylic acids is 4. The lowest BCUT2D eigenvalue weighted by Crippen LogP contribution is -2.69. The molecule has 4 saturated heterocycles. The summed E-state index contributed by atoms with van der Waals surface area (Å²) >= 11 is 0. The summed E-state index contributed by atoms with van der Waals surface area (Å²) in [5.74, 6) is -1.99. The highest BCUT2D eigenvalue weighted by Gasteiger charge is 2.74. The van der Waals surface area contributed by atoms with Gasteiger partial charge in [0.25, 0.3) is 5.91 Å². The van der Waals surface area contributed by atoms with E-state index < -0.39 is 109 Å². The lowest BCUT2D eigenvalue weighted by Gasteiger charge is -2.48. The van der Waals surface area contributed by atoms with Crippen LogP contribution in [0.15, 0.2) is 54.6 Å². The predicted molar refractivity (Wildman–Crippen MR) is 213 cm³/mol. The van der Waals surface area contributed by atoms with Crippen molar-refractivity contribution in [3.63, 3.8) is 0 Å². The van der Waals surface area contributed by atoms with Crippen molar-refractivity contribution < 1.29 is 78.0 Å². The monoisotopic (exact) mass is 869 g/mol. The molecule has 2 aromatic carbocycles. The molecule has 0 spiro atoms. The molecule has 12 atom stereocenters. The van der Waals surface area contributed by atoms with E-state index >= 15 is 0 Å². The Labute approximate surface area is 357 Å². The van der Waals surface area contributed by atoms with Gasteiger partial charge in [0.15, 0.2) is 12.3 Å². The van der Waals surface area contributed by atoms with Gasteiger partial charge in [-0.05, 0) is 56.0 Å². The van der Waals surface area contributed by atoms with Crippen molar-refractivity contribution in [1.29, 1.82) is 0 Å². The maximum atomic E-state index is 14.5. The van der Waals surface area contributed by atoms with Gasteiger partial charge in [-0.15, -0.1) is 0 Å². The van der Waals surface area contributed by atoms with E-state index in [0.29, 0.717) is 5.56 Å². The topological polar surface area (TPSA) is 261 Å². The molecule has 0 radical (unpaired) electrons. The minimum absolute atomic E-state index is 0.00845. The van der Waals surface area contributed by atoms with Gasteiger partial charge in [-0.2, -0.15) is 5.06 Å². The number of rotatable bonds is 16. The number of amides is 2. The number of esters is 2. The Morgan fingerprint density at radius 3 is 2.48 bits per heavy atom. The first kappa shape index (κ1) is 45.6. The van der Waals surface area contributed by atoms with Crippen LogP contribution in [-0.2, 0) is 60.7 Å². The molecular formula is C43H55N3O16. The summed E-state index contributed by atoms with van der Waals surface area (Å²) in [6, 6.07) is 12.1. The van der Waals surface area contributed by atoms with Gasteiger partial charge < -0.3 is 64.6 Å². The number of aliphatic hydroxyl groups is 5. The van der Waals surface area contributed by atoms with Crippen molar-refractivity contribution in [3.05, 3.63) is 76.9 Å². The Hall–Kier alpha value is -4.38. The van der Waals surface area contributed by atoms with Gasteiger partial charge in [-0.1, -0.05) is 48.6 Å². The first-order valence-corrected chi connectivity index (χ1v) is 20.7. The first-order chi connectivity index (χ1) is 29.6. The van der Waals surface area contributed by atoms with Crippen LogP contribution in [0.4, 0.5) is 0 Å². The normalized spacial score (nSPS) is 32.2. The molecule has 338 valence electrons. The smallest absolute Gasteiger partial charge is 0.327 e. The molecule has 19 heteroatoms. The molecule has 7 N–H and O–H groups in total. The number of ether oxygens (including phenoxy) is 6. The van der Waals surface area contributed by atoms with Crippen LogP contribution >= 0.6 is 0 Å². The van der Waals surface area contributed by atoms with E-state index in [2.05, 4.69) is 10.6 Å². The van der Waals surface area contributed by atoms with Gasteiger partial charge in [0.1, 0.15) is 66.6 Å². The van der Waals surface area contributed by atoms with E-state index in [0.717, 1.165) is 11.1 Å². The molecule has 4 heterocycles. The van der Waals surface area contributed by atoms with Crippen molar-refractivity contribution in [2.45, 2.75) is 126 Å². The SMILES string of the molecule is CC(C)(C)OC(=O)CCC(CO)NC(=O)c1cccc(CNC(=O)C23CC4OC(=O)C2N(Cc2ccc(C=CCOC5OC(CO)C(O)C(O)C5O)cc2)OC3C2OCOC42)c1. The summed E-state index contributed by atoms with van der Waals surface area (Å²) in [5, 5.41) is 56.7. The van der Waals surface area contributed by atoms with E-state index in [4.69, 9.17) is 33.3 Å². The fourth-order valence-corrected chi connectivity index (χ4v) is 8.62. The fourth-order valence-electron chi connectivity index (χ4n) is 8.62. The molecule has 2 amide bonds. The zero-order valence-electron chi connectivity index (χ0n) is 34.7. The average molecular weight is 870 g/mol. The lowest BCUT2D eigenvalue weighted by molar-refractivity contribution is -0.298. The van der Waals surface area contributed by atoms with Crippen LogP contribution in [0.2, 0.25) is 0 Å². The summed E-state index contributed by atoms with van der Waals surface area (Å²) in [4.78, 5) is 60.2. The molecule has 5 aliphatic rings. The summed E-state index contributed by atoms with van der Waals surface area (Å²) in [6.07, 6.45) is -6.09. The molecule has 62 heavy (non-hydrogen) atoms. The zero-order valence-corrected chi connectivity index (χ0v) is 34.7. The standard InChI is InChI=1S/C43H55N3O16/c1-42(2,3)61-30(49)14-13-27(20-47)45-38(53)26-8-4-6-25(16-26)18-44-41(55)43-17-28-34-35(58-22-57-34)37(43)62-46(36(43)39(54)59-28)19-24-11-9-23(10-12-24)7-5-15-56-40-33(52)32(51)31(50)29(21-48)60-40/h4-12,16,27-29,31-37,40,47-48,50-52H,13-15,17-22H2,1-3H3,(H,44,55)(H,45,53). The summed E-state index contributed by atoms with van der Waals surface area (Å²) in [7, 11) is 0. The minimum Gasteiger partial charge on any atom is -0.460 e. The number of fused-ring (bicyclic) bond motifs is 4. The van der Waals surface area contributed by atoms with Crippen molar-refractivity contribution in [3.8, 4) is 0 Å². The number of nitrogens with zero attached hydrogens (tertiary/aromatic N) is 1. The van der Waals surface area contributed by atoms with Gasteiger partial charge in [-0.3, -0.25) is 24.0 Å². The van der Waals surface area contributed by atoms with E-state index in [-0.39, 0.29) is 57.9 Å². The highest BCUT2D eigenvalue weighted by atomic mass is 16.8. The van der Waals surface area contributed by atoms with E-state index in [1.54, 1.807) is 57.2 Å². The average Bonchev–Trinajstić information content (AvgIpc) is 3.88. The van der Waals surface area contributed by atoms with Gasteiger partial charge in [0.05, 0.1) is 32.4 Å². The molecule has 4 aliphatic heterocycles. The van der Waals surface area contributed by atoms with Crippen LogP contribution in [0.3, 0.4) is 0 Å². The second-order valence-electron chi connectivity index (χ2n) is 17.1. The van der Waals surface area contributed by atoms with Crippen molar-refractivity contribution in [2.24, 2.45) is 5.41 Å². The third-order valence-electron chi connectivity index (χ3n) is 11.6. The molecule has 1 saturated carbocycles. The van der Waals surface area contributed by atoms with E-state index in [9.17, 15) is 44.7 Å². The van der Waals surface area contributed by atoms with Gasteiger partial charge in [0, 0.05) is 24.9 Å². The van der Waals surface area contributed by atoms with Gasteiger partial charge in [0.2, 0.25) is 5.91 Å². The van der Waals surface area contributed by atoms with Crippen LogP contribution in [0.1, 0.15) is 67.1 Å². The Morgan fingerprint density at radius 2 is 1.76 bits per heavy atom. The second-order valence-corrected chi connectivity index (χ2v) is 17.1. The Kier molecular flexibility index (Phi) is 14.1. The maximum Gasteiger partial charge on any atom is 0.327 e. The molecule has 19 nitrogen and oxygen atoms in total. The van der Waals surface area contributed by atoms with Gasteiger partial charge in [-0.25, -0.2) is 0 Å². The highest BCUT2D eigenvalue weighted by molar-refractivity contribution is 5.95. The Balaban J connectivity index is 0.989. The minimum atomic E-state index is -1.55. The number of carbonyl (C=O) groups is 4. The van der Waals surface area contributed by atoms with Crippen LogP contribution in [0.25, 0.3) is 6.08 Å². The van der Waals surface area contributed by atoms with Crippen LogP contribution < -0.4 is 10.6 Å². The second kappa shape index (κ2) is 19.2. The van der Waals surface area contributed by atoms with Crippen LogP contribution in [0, 0.1) is 5.41 Å². The largest absolute Gasteiger partial charge is 0.460 e. The molecular weight excluding hydrogens is 814 g/mol. The number of hydroxylamine groups is 2. The van der Waals surface area contributed by atoms with Crippen molar-refractivity contribution in [2.75, 3.05) is 26.6 Å². The molecule has 2 bridgehead atoms. The third kappa shape index (κ3) is 9.73. The number of hydrogen-bond donors (Lipinski definition) is 7. The Bertz CT molecular complexity index is 1960. The molecule has 1 aliphatic carbocycles. The van der Waals surface area contributed by atoms with Crippen LogP contribution in [0.5, 0.6) is 0 Å². The van der Waals surface area contributed by atoms with Crippen molar-refractivity contribution >= 4 is 29.8 Å². The summed E-state index contributed by atoms with van der Waals surface area (Å²) in [5.41, 5.74) is 0.353. The number of hydrogen-bond acceptors (Lipinski definition) is 17. The van der Waals surface area contributed by atoms with E-state index in [1.165, 1.54) is 5.06 Å². The predicted octanol–water partition coefficient (Wildman–Crippen LogP) is -0.413. The first-order valence-electron chi connectivity index (χ1n) is 20.7. The third-order valence-corrected chi connectivity index (χ3v) is 11.6. The van der Waals surface area contributed by atoms with Gasteiger partial charge >= 0.3 is 11.9 Å².